The minimum atomic E-state index is 0.0252. The number of guanidine groups is 1. The highest BCUT2D eigenvalue weighted by atomic mass is 16.1. The van der Waals surface area contributed by atoms with Crippen molar-refractivity contribution in [2.24, 2.45) is 10.9 Å². The van der Waals surface area contributed by atoms with Crippen LogP contribution in [-0.4, -0.2) is 35.1 Å². The minimum absolute atomic E-state index is 0.0252. The zero-order chi connectivity index (χ0) is 19.1. The van der Waals surface area contributed by atoms with Crippen molar-refractivity contribution in [3.05, 3.63) is 70.1 Å². The largest absolute Gasteiger partial charge is 0.357 e. The summed E-state index contributed by atoms with van der Waals surface area (Å²) in [5.74, 6) is 1.74. The van der Waals surface area contributed by atoms with Crippen LogP contribution < -0.4 is 10.9 Å². The molecule has 1 saturated heterocycles. The molecule has 1 aromatic carbocycles. The first-order chi connectivity index (χ1) is 13.2. The van der Waals surface area contributed by atoms with E-state index in [1.807, 2.05) is 12.3 Å². The molecule has 1 aromatic heterocycles. The Labute approximate surface area is 161 Å². The van der Waals surface area contributed by atoms with E-state index in [0.29, 0.717) is 13.1 Å². The first-order valence-electron chi connectivity index (χ1n) is 9.92. The summed E-state index contributed by atoms with van der Waals surface area (Å²) in [7, 11) is 0. The Morgan fingerprint density at radius 1 is 1.19 bits per heavy atom. The van der Waals surface area contributed by atoms with Gasteiger partial charge in [0.2, 0.25) is 0 Å². The predicted octanol–water partition coefficient (Wildman–Crippen LogP) is 3.09. The van der Waals surface area contributed by atoms with E-state index in [4.69, 9.17) is 4.99 Å². The maximum Gasteiger partial charge on any atom is 0.250 e. The third-order valence-electron chi connectivity index (χ3n) is 4.98. The zero-order valence-electron chi connectivity index (χ0n) is 16.4. The molecule has 1 fully saturated rings. The van der Waals surface area contributed by atoms with Gasteiger partial charge >= 0.3 is 0 Å². The lowest BCUT2D eigenvalue weighted by Gasteiger charge is -2.33. The maximum atomic E-state index is 11.8. The lowest BCUT2D eigenvalue weighted by molar-refractivity contribution is 0.266. The molecule has 1 N–H and O–H groups in total. The van der Waals surface area contributed by atoms with Gasteiger partial charge in [-0.25, -0.2) is 4.99 Å². The van der Waals surface area contributed by atoms with Crippen molar-refractivity contribution >= 4 is 5.96 Å². The zero-order valence-corrected chi connectivity index (χ0v) is 16.4. The van der Waals surface area contributed by atoms with Crippen LogP contribution in [-0.2, 0) is 13.1 Å². The van der Waals surface area contributed by atoms with Crippen molar-refractivity contribution in [2.45, 2.75) is 39.8 Å². The molecule has 0 spiro atoms. The molecule has 0 saturated carbocycles. The molecule has 5 heteroatoms. The summed E-state index contributed by atoms with van der Waals surface area (Å²) in [5.41, 5.74) is 2.32. The Hall–Kier alpha value is -2.56. The summed E-state index contributed by atoms with van der Waals surface area (Å²) in [6.07, 6.45) is 4.36. The summed E-state index contributed by atoms with van der Waals surface area (Å²) in [5, 5.41) is 3.43. The molecule has 5 nitrogen and oxygen atoms in total. The molecule has 144 valence electrons. The van der Waals surface area contributed by atoms with Crippen LogP contribution in [0, 0.1) is 5.92 Å². The highest BCUT2D eigenvalue weighted by Gasteiger charge is 2.18. The SMILES string of the molecule is CCNC(=NCc1ccc(Cn2ccccc2=O)cc1)N1CCCC(C)C1. The molecule has 1 unspecified atom stereocenters. The fraction of sp³-hybridized carbons (Fsp3) is 0.455. The van der Waals surface area contributed by atoms with Crippen LogP contribution in [0.15, 0.2) is 58.4 Å². The van der Waals surface area contributed by atoms with E-state index in [1.165, 1.54) is 18.4 Å². The molecular formula is C22H30N4O. The van der Waals surface area contributed by atoms with Gasteiger partial charge in [-0.1, -0.05) is 37.3 Å². The van der Waals surface area contributed by atoms with Gasteiger partial charge in [-0.2, -0.15) is 0 Å². The molecular weight excluding hydrogens is 336 g/mol. The van der Waals surface area contributed by atoms with Gasteiger partial charge in [0.05, 0.1) is 13.1 Å². The Balaban J connectivity index is 1.64. The normalized spacial score (nSPS) is 17.8. The average molecular weight is 367 g/mol. The van der Waals surface area contributed by atoms with Crippen molar-refractivity contribution in [1.29, 1.82) is 0 Å². The van der Waals surface area contributed by atoms with E-state index in [-0.39, 0.29) is 5.56 Å². The molecule has 2 heterocycles. The number of hydrogen-bond acceptors (Lipinski definition) is 2. The maximum absolute atomic E-state index is 11.8. The molecule has 27 heavy (non-hydrogen) atoms. The van der Waals surface area contributed by atoms with Crippen molar-refractivity contribution in [1.82, 2.24) is 14.8 Å². The fourth-order valence-electron chi connectivity index (χ4n) is 3.51. The summed E-state index contributed by atoms with van der Waals surface area (Å²) in [6, 6.07) is 13.6. The van der Waals surface area contributed by atoms with Gasteiger partial charge in [0, 0.05) is 31.9 Å². The number of likely N-dealkylation sites (tertiary alicyclic amines) is 1. The summed E-state index contributed by atoms with van der Waals surface area (Å²) >= 11 is 0. The van der Waals surface area contributed by atoms with Crippen LogP contribution in [0.5, 0.6) is 0 Å². The van der Waals surface area contributed by atoms with Crippen molar-refractivity contribution < 1.29 is 0 Å². The number of nitrogens with zero attached hydrogens (tertiary/aromatic N) is 3. The quantitative estimate of drug-likeness (QED) is 0.653. The third-order valence-corrected chi connectivity index (χ3v) is 4.98. The number of aromatic nitrogens is 1. The molecule has 0 amide bonds. The minimum Gasteiger partial charge on any atom is -0.357 e. The van der Waals surface area contributed by atoms with Gasteiger partial charge in [0.1, 0.15) is 0 Å². The molecule has 3 rings (SSSR count). The number of pyridine rings is 1. The molecule has 0 aliphatic carbocycles. The number of nitrogens with one attached hydrogen (secondary N) is 1. The van der Waals surface area contributed by atoms with Crippen LogP contribution in [0.3, 0.4) is 0 Å². The molecule has 1 atom stereocenters. The molecule has 0 radical (unpaired) electrons. The fourth-order valence-corrected chi connectivity index (χ4v) is 3.51. The Morgan fingerprint density at radius 2 is 1.96 bits per heavy atom. The summed E-state index contributed by atoms with van der Waals surface area (Å²) in [6.45, 7) is 8.73. The van der Waals surface area contributed by atoms with E-state index >= 15 is 0 Å². The van der Waals surface area contributed by atoms with Gasteiger partial charge in [-0.15, -0.1) is 0 Å². The average Bonchev–Trinajstić information content (AvgIpc) is 2.68. The molecule has 0 bridgehead atoms. The van der Waals surface area contributed by atoms with Crippen LogP contribution in [0.1, 0.15) is 37.8 Å². The van der Waals surface area contributed by atoms with E-state index in [1.54, 1.807) is 16.7 Å². The van der Waals surface area contributed by atoms with Crippen LogP contribution >= 0.6 is 0 Å². The van der Waals surface area contributed by atoms with Crippen LogP contribution in [0.2, 0.25) is 0 Å². The molecule has 1 aliphatic rings. The molecule has 1 aliphatic heterocycles. The second-order valence-electron chi connectivity index (χ2n) is 7.35. The van der Waals surface area contributed by atoms with E-state index in [0.717, 1.165) is 37.1 Å². The lowest BCUT2D eigenvalue weighted by Crippen LogP contribution is -2.46. The number of rotatable bonds is 5. The van der Waals surface area contributed by atoms with Crippen LogP contribution in [0.4, 0.5) is 0 Å². The number of piperidine rings is 1. The smallest absolute Gasteiger partial charge is 0.250 e. The second kappa shape index (κ2) is 9.40. The number of hydrogen-bond donors (Lipinski definition) is 1. The monoisotopic (exact) mass is 366 g/mol. The van der Waals surface area contributed by atoms with E-state index in [2.05, 4.69) is 48.3 Å². The summed E-state index contributed by atoms with van der Waals surface area (Å²) < 4.78 is 1.72. The Morgan fingerprint density at radius 3 is 2.67 bits per heavy atom. The third kappa shape index (κ3) is 5.46. The number of benzene rings is 1. The topological polar surface area (TPSA) is 49.6 Å². The van der Waals surface area contributed by atoms with Gasteiger partial charge < -0.3 is 14.8 Å². The van der Waals surface area contributed by atoms with E-state index < -0.39 is 0 Å². The van der Waals surface area contributed by atoms with Gasteiger partial charge in [0.15, 0.2) is 5.96 Å². The predicted molar refractivity (Wildman–Crippen MR) is 111 cm³/mol. The van der Waals surface area contributed by atoms with Gasteiger partial charge in [0.25, 0.3) is 5.56 Å². The summed E-state index contributed by atoms with van der Waals surface area (Å²) in [4.78, 5) is 19.1. The van der Waals surface area contributed by atoms with Crippen molar-refractivity contribution in [3.63, 3.8) is 0 Å². The number of aliphatic imine (C=N–C) groups is 1. The lowest BCUT2D eigenvalue weighted by atomic mass is 10.0. The molecule has 2 aromatic rings. The van der Waals surface area contributed by atoms with Crippen LogP contribution in [0.25, 0.3) is 0 Å². The first kappa shape index (κ1) is 19.2. The van der Waals surface area contributed by atoms with E-state index in [9.17, 15) is 4.79 Å². The van der Waals surface area contributed by atoms with Crippen molar-refractivity contribution in [3.8, 4) is 0 Å². The Bertz CT molecular complexity index is 810. The standard InChI is InChI=1S/C22H30N4O/c1-3-23-22(26-14-6-7-18(2)16-26)24-15-19-9-11-20(12-10-19)17-25-13-5-4-8-21(25)27/h4-5,8-13,18H,3,6-7,14-17H2,1-2H3,(H,23,24). The first-order valence-corrected chi connectivity index (χ1v) is 9.92. The van der Waals surface area contributed by atoms with Gasteiger partial charge in [-0.05, 0) is 42.9 Å². The van der Waals surface area contributed by atoms with Gasteiger partial charge in [-0.3, -0.25) is 4.79 Å². The van der Waals surface area contributed by atoms with Crippen molar-refractivity contribution in [2.75, 3.05) is 19.6 Å². The Kier molecular flexibility index (Phi) is 6.69. The highest BCUT2D eigenvalue weighted by molar-refractivity contribution is 5.80. The highest BCUT2D eigenvalue weighted by Crippen LogP contribution is 2.16. The second-order valence-corrected chi connectivity index (χ2v) is 7.35.